The molecule has 18 heavy (non-hydrogen) atoms. The number of hydrogen-bond acceptors (Lipinski definition) is 3. The predicted octanol–water partition coefficient (Wildman–Crippen LogP) is 2.10. The zero-order valence-electron chi connectivity index (χ0n) is 10.4. The Kier molecular flexibility index (Phi) is 5.06. The number of aryl methyl sites for hydroxylation is 1. The molecule has 1 aliphatic carbocycles. The molecule has 2 rings (SSSR count). The van der Waals surface area contributed by atoms with Gasteiger partial charge in [0.05, 0.1) is 6.54 Å². The number of fused-ring (bicyclic) bond motifs is 1. The van der Waals surface area contributed by atoms with E-state index in [1.165, 1.54) is 0 Å². The number of benzene rings is 1. The maximum Gasteiger partial charge on any atom is 0.157 e. The lowest BCUT2D eigenvalue weighted by Crippen LogP contribution is -2.36. The van der Waals surface area contributed by atoms with Crippen LogP contribution in [0.2, 0.25) is 0 Å². The van der Waals surface area contributed by atoms with Gasteiger partial charge in [0.15, 0.2) is 11.5 Å². The highest BCUT2D eigenvalue weighted by Crippen LogP contribution is 2.33. The number of nitrogens with zero attached hydrogens (tertiary/aromatic N) is 1. The van der Waals surface area contributed by atoms with Crippen LogP contribution in [0.1, 0.15) is 17.5 Å². The monoisotopic (exact) mass is 311 g/mol. The van der Waals surface area contributed by atoms with Crippen molar-refractivity contribution in [3.63, 3.8) is 0 Å². The second kappa shape index (κ2) is 6.12. The molecule has 0 spiro atoms. The maximum absolute atomic E-state index is 9.51. The molecule has 0 amide bonds. The highest BCUT2D eigenvalue weighted by molar-refractivity contribution is 8.93. The molecular weight excluding hydrogens is 294 g/mol. The van der Waals surface area contributed by atoms with Crippen molar-refractivity contribution in [3.05, 3.63) is 23.3 Å². The summed E-state index contributed by atoms with van der Waals surface area (Å²) in [4.78, 5) is 2.16. The van der Waals surface area contributed by atoms with Crippen molar-refractivity contribution in [1.29, 1.82) is 0 Å². The van der Waals surface area contributed by atoms with E-state index in [2.05, 4.69) is 10.8 Å². The van der Waals surface area contributed by atoms with E-state index < -0.39 is 0 Å². The van der Waals surface area contributed by atoms with Gasteiger partial charge in [0, 0.05) is 6.04 Å². The van der Waals surface area contributed by atoms with Crippen molar-refractivity contribution in [2.75, 3.05) is 13.6 Å². The molecule has 98 valence electrons. The lowest BCUT2D eigenvalue weighted by atomic mass is 9.87. The molecule has 0 bridgehead atoms. The smallest absolute Gasteiger partial charge is 0.157 e. The van der Waals surface area contributed by atoms with Gasteiger partial charge < -0.3 is 10.2 Å². The van der Waals surface area contributed by atoms with E-state index in [4.69, 9.17) is 6.42 Å². The van der Waals surface area contributed by atoms with Crippen LogP contribution in [-0.4, -0.2) is 34.7 Å². The van der Waals surface area contributed by atoms with Crippen LogP contribution in [0.4, 0.5) is 0 Å². The van der Waals surface area contributed by atoms with Crippen LogP contribution in [0.15, 0.2) is 12.1 Å². The van der Waals surface area contributed by atoms with Crippen molar-refractivity contribution >= 4 is 17.0 Å². The van der Waals surface area contributed by atoms with Gasteiger partial charge in [-0.25, -0.2) is 0 Å². The molecule has 1 aliphatic rings. The van der Waals surface area contributed by atoms with Crippen molar-refractivity contribution in [1.82, 2.24) is 4.90 Å². The van der Waals surface area contributed by atoms with Gasteiger partial charge in [-0.05, 0) is 49.6 Å². The summed E-state index contributed by atoms with van der Waals surface area (Å²) >= 11 is 0. The van der Waals surface area contributed by atoms with E-state index in [1.807, 2.05) is 7.05 Å². The van der Waals surface area contributed by atoms with Crippen LogP contribution in [0, 0.1) is 12.3 Å². The molecule has 1 atom stereocenters. The van der Waals surface area contributed by atoms with Gasteiger partial charge >= 0.3 is 0 Å². The first kappa shape index (κ1) is 14.9. The first-order chi connectivity index (χ1) is 8.11. The van der Waals surface area contributed by atoms with E-state index in [-0.39, 0.29) is 28.5 Å². The number of likely N-dealkylation sites (N-methyl/N-ethyl adjacent to an activating group) is 1. The Bertz CT molecular complexity index is 468. The van der Waals surface area contributed by atoms with Crippen molar-refractivity contribution in [2.45, 2.75) is 25.3 Å². The predicted molar refractivity (Wildman–Crippen MR) is 77.4 cm³/mol. The minimum Gasteiger partial charge on any atom is -0.504 e. The summed E-state index contributed by atoms with van der Waals surface area (Å²) in [6, 6.07) is 3.75. The Labute approximate surface area is 118 Å². The highest BCUT2D eigenvalue weighted by atomic mass is 79.9. The summed E-state index contributed by atoms with van der Waals surface area (Å²) in [5.74, 6) is 2.58. The third-order valence-electron chi connectivity index (χ3n) is 3.46. The molecule has 0 saturated carbocycles. The Morgan fingerprint density at radius 1 is 1.33 bits per heavy atom. The van der Waals surface area contributed by atoms with Crippen LogP contribution >= 0.6 is 17.0 Å². The first-order valence-corrected chi connectivity index (χ1v) is 5.79. The van der Waals surface area contributed by atoms with Crippen LogP contribution < -0.4 is 0 Å². The number of rotatable bonds is 2. The number of hydrogen-bond donors (Lipinski definition) is 2. The molecule has 1 aromatic carbocycles. The molecule has 3 nitrogen and oxygen atoms in total. The van der Waals surface area contributed by atoms with E-state index >= 15 is 0 Å². The second-order valence-corrected chi connectivity index (χ2v) is 4.63. The summed E-state index contributed by atoms with van der Waals surface area (Å²) in [7, 11) is 2.02. The van der Waals surface area contributed by atoms with Crippen LogP contribution in [0.25, 0.3) is 0 Å². The SMILES string of the molecule is Br.C#CCN(C)C1CCc2cc(O)c(O)cc2C1. The summed E-state index contributed by atoms with van der Waals surface area (Å²) in [6.45, 7) is 0.643. The molecule has 0 fully saturated rings. The normalized spacial score (nSPS) is 17.7. The standard InChI is InChI=1S/C14H17NO2.BrH/c1-3-6-15(2)12-5-4-10-8-13(16)14(17)9-11(10)7-12;/h1,8-9,12,16-17H,4-7H2,2H3;1H. The van der Waals surface area contributed by atoms with E-state index in [9.17, 15) is 10.2 Å². The Balaban J connectivity index is 0.00000162. The zero-order valence-corrected chi connectivity index (χ0v) is 12.1. The van der Waals surface area contributed by atoms with Gasteiger partial charge in [-0.1, -0.05) is 5.92 Å². The van der Waals surface area contributed by atoms with Gasteiger partial charge in [0.2, 0.25) is 0 Å². The highest BCUT2D eigenvalue weighted by Gasteiger charge is 2.22. The summed E-state index contributed by atoms with van der Waals surface area (Å²) in [5, 5.41) is 19.0. The number of aromatic hydroxyl groups is 2. The molecule has 0 radical (unpaired) electrons. The minimum absolute atomic E-state index is 0. The van der Waals surface area contributed by atoms with E-state index in [0.29, 0.717) is 12.6 Å². The topological polar surface area (TPSA) is 43.7 Å². The Hall–Kier alpha value is -1.18. The minimum atomic E-state index is -0.0380. The lowest BCUT2D eigenvalue weighted by Gasteiger charge is -2.31. The first-order valence-electron chi connectivity index (χ1n) is 5.79. The van der Waals surface area contributed by atoms with Crippen molar-refractivity contribution in [2.24, 2.45) is 0 Å². The molecule has 4 heteroatoms. The molecule has 0 aliphatic heterocycles. The van der Waals surface area contributed by atoms with Gasteiger partial charge in [0.1, 0.15) is 0 Å². The fraction of sp³-hybridized carbons (Fsp3) is 0.429. The molecule has 2 N–H and O–H groups in total. The van der Waals surface area contributed by atoms with Gasteiger partial charge in [-0.3, -0.25) is 4.90 Å². The number of phenolic OH excluding ortho intramolecular Hbond substituents is 2. The van der Waals surface area contributed by atoms with Gasteiger partial charge in [0.25, 0.3) is 0 Å². The summed E-state index contributed by atoms with van der Waals surface area (Å²) in [5.41, 5.74) is 2.24. The third kappa shape index (κ3) is 2.98. The fourth-order valence-electron chi connectivity index (χ4n) is 2.41. The second-order valence-electron chi connectivity index (χ2n) is 4.63. The zero-order chi connectivity index (χ0) is 12.4. The van der Waals surface area contributed by atoms with Gasteiger partial charge in [-0.2, -0.15) is 0 Å². The van der Waals surface area contributed by atoms with Gasteiger partial charge in [-0.15, -0.1) is 23.4 Å². The van der Waals surface area contributed by atoms with Crippen LogP contribution in [-0.2, 0) is 12.8 Å². The van der Waals surface area contributed by atoms with Crippen LogP contribution in [0.5, 0.6) is 11.5 Å². The van der Waals surface area contributed by atoms with E-state index in [1.54, 1.807) is 12.1 Å². The average Bonchev–Trinajstić information content (AvgIpc) is 2.30. The van der Waals surface area contributed by atoms with E-state index in [0.717, 1.165) is 30.4 Å². The largest absolute Gasteiger partial charge is 0.504 e. The number of phenols is 2. The lowest BCUT2D eigenvalue weighted by molar-refractivity contribution is 0.246. The van der Waals surface area contributed by atoms with Crippen LogP contribution in [0.3, 0.4) is 0 Å². The molecule has 1 aromatic rings. The third-order valence-corrected chi connectivity index (χ3v) is 3.46. The average molecular weight is 312 g/mol. The number of halogens is 1. The molecule has 0 saturated heterocycles. The molecule has 1 unspecified atom stereocenters. The summed E-state index contributed by atoms with van der Waals surface area (Å²) < 4.78 is 0. The molecule has 0 aromatic heterocycles. The maximum atomic E-state index is 9.51. The van der Waals surface area contributed by atoms with Crippen molar-refractivity contribution < 1.29 is 10.2 Å². The summed E-state index contributed by atoms with van der Waals surface area (Å²) in [6.07, 6.45) is 8.14. The Morgan fingerprint density at radius 3 is 2.56 bits per heavy atom. The molecular formula is C14H18BrNO2. The quantitative estimate of drug-likeness (QED) is 0.649. The molecule has 0 heterocycles. The number of terminal acetylenes is 1. The Morgan fingerprint density at radius 2 is 1.94 bits per heavy atom. The fourth-order valence-corrected chi connectivity index (χ4v) is 2.41. The van der Waals surface area contributed by atoms with Crippen molar-refractivity contribution in [3.8, 4) is 23.8 Å².